The van der Waals surface area contributed by atoms with Crippen LogP contribution in [0.25, 0.3) is 0 Å². The highest BCUT2D eigenvalue weighted by Crippen LogP contribution is 2.14. The molecule has 1 atom stereocenters. The second kappa shape index (κ2) is 8.39. The molecule has 1 N–H and O–H groups in total. The van der Waals surface area contributed by atoms with Crippen molar-refractivity contribution in [2.45, 2.75) is 40.3 Å². The molecule has 0 aliphatic carbocycles. The van der Waals surface area contributed by atoms with Crippen LogP contribution in [0, 0.1) is 0 Å². The summed E-state index contributed by atoms with van der Waals surface area (Å²) in [7, 11) is -2.95. The summed E-state index contributed by atoms with van der Waals surface area (Å²) in [4.78, 5) is 2.35. The molecule has 5 heteroatoms. The maximum Gasteiger partial charge on any atom is 0.152 e. The molecular formula is C16H28N2O2S. The van der Waals surface area contributed by atoms with E-state index in [1.165, 1.54) is 5.56 Å². The summed E-state index contributed by atoms with van der Waals surface area (Å²) in [6.45, 7) is 10.9. The smallest absolute Gasteiger partial charge is 0.152 e. The maximum atomic E-state index is 11.6. The third kappa shape index (κ3) is 6.48. The van der Waals surface area contributed by atoms with E-state index in [1.54, 1.807) is 6.92 Å². The van der Waals surface area contributed by atoms with Crippen LogP contribution in [0.1, 0.15) is 33.3 Å². The molecule has 1 aromatic rings. The topological polar surface area (TPSA) is 49.4 Å². The Hall–Kier alpha value is -1.07. The fourth-order valence-corrected chi connectivity index (χ4v) is 3.37. The van der Waals surface area contributed by atoms with Crippen molar-refractivity contribution in [1.29, 1.82) is 0 Å². The number of nitrogens with one attached hydrogen (secondary N) is 1. The number of benzene rings is 1. The summed E-state index contributed by atoms with van der Waals surface area (Å²) in [5, 5.41) is 3.28. The first-order valence-corrected chi connectivity index (χ1v) is 9.50. The molecule has 0 amide bonds. The van der Waals surface area contributed by atoms with Gasteiger partial charge in [0.2, 0.25) is 0 Å². The molecule has 0 aliphatic rings. The molecule has 21 heavy (non-hydrogen) atoms. The molecular weight excluding hydrogens is 284 g/mol. The zero-order valence-electron chi connectivity index (χ0n) is 13.6. The lowest BCUT2D eigenvalue weighted by Crippen LogP contribution is -2.27. The Morgan fingerprint density at radius 2 is 1.86 bits per heavy atom. The number of hydrogen-bond acceptors (Lipinski definition) is 4. The maximum absolute atomic E-state index is 11.6. The van der Waals surface area contributed by atoms with Gasteiger partial charge in [-0.25, -0.2) is 8.42 Å². The van der Waals surface area contributed by atoms with Gasteiger partial charge in [-0.05, 0) is 37.7 Å². The summed E-state index contributed by atoms with van der Waals surface area (Å²) in [5.41, 5.74) is 2.23. The molecule has 1 aromatic carbocycles. The van der Waals surface area contributed by atoms with Gasteiger partial charge in [-0.2, -0.15) is 0 Å². The van der Waals surface area contributed by atoms with Crippen LogP contribution in [-0.2, 0) is 16.4 Å². The van der Waals surface area contributed by atoms with Crippen molar-refractivity contribution in [1.82, 2.24) is 4.90 Å². The third-order valence-electron chi connectivity index (χ3n) is 3.58. The summed E-state index contributed by atoms with van der Waals surface area (Å²) in [5.74, 6) is 0.366. The number of rotatable bonds is 9. The lowest BCUT2D eigenvalue weighted by atomic mass is 10.1. The zero-order chi connectivity index (χ0) is 15.9. The first-order chi connectivity index (χ1) is 9.90. The molecule has 0 radical (unpaired) electrons. The quantitative estimate of drug-likeness (QED) is 0.762. The van der Waals surface area contributed by atoms with Gasteiger partial charge in [0.05, 0.1) is 5.75 Å². The van der Waals surface area contributed by atoms with Gasteiger partial charge in [-0.1, -0.05) is 32.9 Å². The largest absolute Gasteiger partial charge is 0.382 e. The van der Waals surface area contributed by atoms with E-state index >= 15 is 0 Å². The van der Waals surface area contributed by atoms with Crippen LogP contribution >= 0.6 is 0 Å². The number of anilines is 1. The van der Waals surface area contributed by atoms with Crippen molar-refractivity contribution < 1.29 is 8.42 Å². The summed E-state index contributed by atoms with van der Waals surface area (Å²) in [6, 6.07) is 8.13. The van der Waals surface area contributed by atoms with Crippen molar-refractivity contribution in [3.05, 3.63) is 29.8 Å². The standard InChI is InChI=1S/C16H28N2O2S/c1-5-18(6-2)12-15-9-8-10-16(11-15)17-14(4)13-21(19,20)7-3/h8-11,14,17H,5-7,12-13H2,1-4H3. The average molecular weight is 312 g/mol. The molecule has 0 aliphatic heterocycles. The molecule has 0 bridgehead atoms. The molecule has 0 spiro atoms. The van der Waals surface area contributed by atoms with E-state index in [2.05, 4.69) is 36.2 Å². The van der Waals surface area contributed by atoms with Crippen LogP contribution in [0.4, 0.5) is 5.69 Å². The Kier molecular flexibility index (Phi) is 7.18. The second-order valence-electron chi connectivity index (χ2n) is 5.41. The summed E-state index contributed by atoms with van der Waals surface area (Å²) in [6.07, 6.45) is 0. The van der Waals surface area contributed by atoms with Crippen molar-refractivity contribution in [3.8, 4) is 0 Å². The average Bonchev–Trinajstić information content (AvgIpc) is 2.44. The van der Waals surface area contributed by atoms with E-state index in [0.29, 0.717) is 0 Å². The van der Waals surface area contributed by atoms with Crippen LogP contribution in [0.3, 0.4) is 0 Å². The number of sulfone groups is 1. The third-order valence-corrected chi connectivity index (χ3v) is 5.47. The Morgan fingerprint density at radius 1 is 1.19 bits per heavy atom. The Bertz CT molecular complexity index is 525. The minimum absolute atomic E-state index is 0.0846. The fraction of sp³-hybridized carbons (Fsp3) is 0.625. The lowest BCUT2D eigenvalue weighted by molar-refractivity contribution is 0.296. The monoisotopic (exact) mass is 312 g/mol. The first kappa shape index (κ1) is 18.0. The second-order valence-corrected chi connectivity index (χ2v) is 7.80. The van der Waals surface area contributed by atoms with E-state index in [0.717, 1.165) is 25.3 Å². The minimum Gasteiger partial charge on any atom is -0.382 e. The van der Waals surface area contributed by atoms with Crippen LogP contribution in [-0.4, -0.2) is 44.0 Å². The molecule has 1 unspecified atom stereocenters. The van der Waals surface area contributed by atoms with Crippen molar-refractivity contribution in [2.24, 2.45) is 0 Å². The van der Waals surface area contributed by atoms with Gasteiger partial charge in [-0.15, -0.1) is 0 Å². The highest BCUT2D eigenvalue weighted by molar-refractivity contribution is 7.91. The molecule has 0 heterocycles. The van der Waals surface area contributed by atoms with E-state index in [9.17, 15) is 8.42 Å². The van der Waals surface area contributed by atoms with Gasteiger partial charge in [0.1, 0.15) is 0 Å². The molecule has 0 saturated heterocycles. The minimum atomic E-state index is -2.95. The van der Waals surface area contributed by atoms with E-state index in [4.69, 9.17) is 0 Å². The molecule has 120 valence electrons. The SMILES string of the molecule is CCN(CC)Cc1cccc(NC(C)CS(=O)(=O)CC)c1. The predicted molar refractivity (Wildman–Crippen MR) is 90.5 cm³/mol. The molecule has 0 aromatic heterocycles. The van der Waals surface area contributed by atoms with E-state index in [-0.39, 0.29) is 17.5 Å². The Labute approximate surface area is 129 Å². The van der Waals surface area contributed by atoms with Crippen LogP contribution in [0.5, 0.6) is 0 Å². The van der Waals surface area contributed by atoms with Crippen molar-refractivity contribution in [2.75, 3.05) is 29.9 Å². The van der Waals surface area contributed by atoms with E-state index < -0.39 is 9.84 Å². The first-order valence-electron chi connectivity index (χ1n) is 7.68. The van der Waals surface area contributed by atoms with Crippen molar-refractivity contribution >= 4 is 15.5 Å². The fourth-order valence-electron chi connectivity index (χ4n) is 2.29. The molecule has 1 rings (SSSR count). The number of hydrogen-bond donors (Lipinski definition) is 1. The van der Waals surface area contributed by atoms with Crippen LogP contribution < -0.4 is 5.32 Å². The Balaban J connectivity index is 2.68. The predicted octanol–water partition coefficient (Wildman–Crippen LogP) is 2.76. The molecule has 0 fully saturated rings. The van der Waals surface area contributed by atoms with Gasteiger partial charge in [0, 0.05) is 24.0 Å². The lowest BCUT2D eigenvalue weighted by Gasteiger charge is -2.19. The van der Waals surface area contributed by atoms with Gasteiger partial charge < -0.3 is 5.32 Å². The van der Waals surface area contributed by atoms with Crippen molar-refractivity contribution in [3.63, 3.8) is 0 Å². The summed E-state index contributed by atoms with van der Waals surface area (Å²) < 4.78 is 23.3. The highest BCUT2D eigenvalue weighted by atomic mass is 32.2. The van der Waals surface area contributed by atoms with Crippen LogP contribution in [0.15, 0.2) is 24.3 Å². The number of nitrogens with zero attached hydrogens (tertiary/aromatic N) is 1. The summed E-state index contributed by atoms with van der Waals surface area (Å²) >= 11 is 0. The molecule has 0 saturated carbocycles. The van der Waals surface area contributed by atoms with Crippen LogP contribution in [0.2, 0.25) is 0 Å². The van der Waals surface area contributed by atoms with E-state index in [1.807, 2.05) is 19.1 Å². The highest BCUT2D eigenvalue weighted by Gasteiger charge is 2.13. The normalized spacial score (nSPS) is 13.4. The van der Waals surface area contributed by atoms with Gasteiger partial charge in [0.15, 0.2) is 9.84 Å². The van der Waals surface area contributed by atoms with Gasteiger partial charge in [0.25, 0.3) is 0 Å². The van der Waals surface area contributed by atoms with Gasteiger partial charge >= 0.3 is 0 Å². The molecule has 4 nitrogen and oxygen atoms in total. The zero-order valence-corrected chi connectivity index (χ0v) is 14.4. The Morgan fingerprint density at radius 3 is 2.43 bits per heavy atom. The van der Waals surface area contributed by atoms with Gasteiger partial charge in [-0.3, -0.25) is 4.90 Å².